The van der Waals surface area contributed by atoms with Crippen LogP contribution in [0.2, 0.25) is 0 Å². The van der Waals surface area contributed by atoms with Gasteiger partial charge in [-0.3, -0.25) is 4.52 Å². The average Bonchev–Trinajstić information content (AvgIpc) is 2.69. The van der Waals surface area contributed by atoms with Crippen LogP contribution in [-0.2, 0) is 21.7 Å². The van der Waals surface area contributed by atoms with Crippen LogP contribution in [0.15, 0.2) is 18.2 Å². The lowest BCUT2D eigenvalue weighted by molar-refractivity contribution is -0.139. The number of hydrogen-bond acceptors (Lipinski definition) is 5. The van der Waals surface area contributed by atoms with Crippen LogP contribution in [0.1, 0.15) is 63.0 Å². The molecule has 180 valence electrons. The van der Waals surface area contributed by atoms with Crippen LogP contribution < -0.4 is 10.5 Å². The molecule has 0 bridgehead atoms. The predicted octanol–water partition coefficient (Wildman–Crippen LogP) is 4.18. The summed E-state index contributed by atoms with van der Waals surface area (Å²) in [5.41, 5.74) is 3.77. The standard InChI is InChI=1S/C20H33F3NO6P/c1-2-3-4-5-6-7-12-29-18-9-8-16(13-17(18)20(21,22)23)10-11-19(24,14-25)15-30-31(26,27)28/h8-9,13,25H,2-7,10-12,14-15,24H2,1H3,(H2,26,27,28). The Bertz CT molecular complexity index is 713. The third-order valence-corrected chi connectivity index (χ3v) is 5.32. The molecule has 0 heterocycles. The second-order valence-electron chi connectivity index (χ2n) is 7.73. The molecule has 0 saturated carbocycles. The lowest BCUT2D eigenvalue weighted by Crippen LogP contribution is -2.48. The number of phosphoric ester groups is 1. The molecule has 0 aliphatic rings. The molecular weight excluding hydrogens is 438 g/mol. The number of aliphatic hydroxyl groups excluding tert-OH is 1. The zero-order chi connectivity index (χ0) is 23.5. The van der Waals surface area contributed by atoms with Gasteiger partial charge in [-0.2, -0.15) is 13.2 Å². The Kier molecular flexibility index (Phi) is 11.5. The van der Waals surface area contributed by atoms with Crippen molar-refractivity contribution in [3.63, 3.8) is 0 Å². The highest BCUT2D eigenvalue weighted by Gasteiger charge is 2.35. The summed E-state index contributed by atoms with van der Waals surface area (Å²) in [7, 11) is -4.79. The third kappa shape index (κ3) is 11.3. The van der Waals surface area contributed by atoms with Crippen molar-refractivity contribution in [3.05, 3.63) is 29.3 Å². The van der Waals surface area contributed by atoms with Crippen LogP contribution in [0.25, 0.3) is 0 Å². The molecule has 0 amide bonds. The Labute approximate surface area is 181 Å². The zero-order valence-electron chi connectivity index (χ0n) is 17.7. The highest BCUT2D eigenvalue weighted by Crippen LogP contribution is 2.38. The Morgan fingerprint density at radius 2 is 1.74 bits per heavy atom. The number of nitrogens with two attached hydrogens (primary N) is 1. The lowest BCUT2D eigenvalue weighted by Gasteiger charge is -2.27. The number of rotatable bonds is 15. The van der Waals surface area contributed by atoms with E-state index in [0.717, 1.165) is 38.2 Å². The maximum absolute atomic E-state index is 13.5. The van der Waals surface area contributed by atoms with E-state index < -0.39 is 38.3 Å². The van der Waals surface area contributed by atoms with E-state index in [0.29, 0.717) is 12.0 Å². The molecule has 11 heteroatoms. The zero-order valence-corrected chi connectivity index (χ0v) is 18.6. The first-order chi connectivity index (χ1) is 14.4. The van der Waals surface area contributed by atoms with E-state index in [4.69, 9.17) is 20.3 Å². The summed E-state index contributed by atoms with van der Waals surface area (Å²) in [5, 5.41) is 9.42. The van der Waals surface area contributed by atoms with Gasteiger partial charge in [0.1, 0.15) is 5.75 Å². The van der Waals surface area contributed by atoms with Gasteiger partial charge in [0.25, 0.3) is 0 Å². The summed E-state index contributed by atoms with van der Waals surface area (Å²) in [5.74, 6) is -0.240. The maximum atomic E-state index is 13.5. The minimum atomic E-state index is -4.79. The van der Waals surface area contributed by atoms with Crippen LogP contribution in [0.3, 0.4) is 0 Å². The largest absolute Gasteiger partial charge is 0.493 e. The number of alkyl halides is 3. The quantitative estimate of drug-likeness (QED) is 0.224. The predicted molar refractivity (Wildman–Crippen MR) is 111 cm³/mol. The first kappa shape index (κ1) is 27.9. The van der Waals surface area contributed by atoms with Gasteiger partial charge in [-0.15, -0.1) is 0 Å². The van der Waals surface area contributed by atoms with E-state index in [-0.39, 0.29) is 25.2 Å². The molecule has 0 saturated heterocycles. The summed E-state index contributed by atoms with van der Waals surface area (Å²) in [4.78, 5) is 17.5. The highest BCUT2D eigenvalue weighted by atomic mass is 31.2. The molecule has 0 aliphatic heterocycles. The second-order valence-corrected chi connectivity index (χ2v) is 8.97. The van der Waals surface area contributed by atoms with E-state index in [2.05, 4.69) is 11.4 Å². The number of phosphoric acid groups is 1. The number of hydrogen-bond donors (Lipinski definition) is 4. The van der Waals surface area contributed by atoms with Gasteiger partial charge in [0, 0.05) is 0 Å². The number of benzene rings is 1. The molecule has 1 aromatic rings. The fourth-order valence-electron chi connectivity index (χ4n) is 2.95. The number of ether oxygens (including phenoxy) is 1. The molecule has 1 rings (SSSR count). The number of halogens is 3. The van der Waals surface area contributed by atoms with Gasteiger partial charge in [0.2, 0.25) is 0 Å². The van der Waals surface area contributed by atoms with Crippen molar-refractivity contribution in [2.24, 2.45) is 5.73 Å². The van der Waals surface area contributed by atoms with Crippen molar-refractivity contribution in [1.82, 2.24) is 0 Å². The normalized spacial score (nSPS) is 14.5. The molecule has 1 aromatic carbocycles. The minimum absolute atomic E-state index is 0.0429. The highest BCUT2D eigenvalue weighted by molar-refractivity contribution is 7.46. The Hall–Kier alpha value is -1.16. The molecule has 1 unspecified atom stereocenters. The van der Waals surface area contributed by atoms with Gasteiger partial charge < -0.3 is 25.4 Å². The third-order valence-electron chi connectivity index (χ3n) is 4.85. The van der Waals surface area contributed by atoms with Crippen LogP contribution in [0.5, 0.6) is 5.75 Å². The molecule has 0 aromatic heterocycles. The van der Waals surface area contributed by atoms with Crippen LogP contribution in [-0.4, -0.2) is 40.3 Å². The summed E-state index contributed by atoms with van der Waals surface area (Å²) in [6.07, 6.45) is 1.37. The Morgan fingerprint density at radius 3 is 2.32 bits per heavy atom. The van der Waals surface area contributed by atoms with E-state index in [1.165, 1.54) is 12.1 Å². The SMILES string of the molecule is CCCCCCCCOc1ccc(CCC(N)(CO)COP(=O)(O)O)cc1C(F)(F)F. The van der Waals surface area contributed by atoms with Crippen LogP contribution in [0.4, 0.5) is 13.2 Å². The van der Waals surface area contributed by atoms with Crippen molar-refractivity contribution in [3.8, 4) is 5.75 Å². The maximum Gasteiger partial charge on any atom is 0.469 e. The molecule has 7 nitrogen and oxygen atoms in total. The van der Waals surface area contributed by atoms with E-state index in [1.54, 1.807) is 0 Å². The smallest absolute Gasteiger partial charge is 0.469 e. The molecule has 31 heavy (non-hydrogen) atoms. The van der Waals surface area contributed by atoms with Crippen LogP contribution in [0, 0.1) is 0 Å². The Balaban J connectivity index is 2.73. The summed E-state index contributed by atoms with van der Waals surface area (Å²) < 4.78 is 61.0. The van der Waals surface area contributed by atoms with E-state index in [1.807, 2.05) is 0 Å². The molecule has 0 spiro atoms. The van der Waals surface area contributed by atoms with Gasteiger partial charge in [-0.05, 0) is 37.0 Å². The van der Waals surface area contributed by atoms with Gasteiger partial charge >= 0.3 is 14.0 Å². The van der Waals surface area contributed by atoms with E-state index in [9.17, 15) is 22.8 Å². The summed E-state index contributed by atoms with van der Waals surface area (Å²) in [6, 6.07) is 3.71. The number of aryl methyl sites for hydroxylation is 1. The van der Waals surface area contributed by atoms with Crippen molar-refractivity contribution < 1.29 is 41.9 Å². The topological polar surface area (TPSA) is 122 Å². The molecule has 1 atom stereocenters. The minimum Gasteiger partial charge on any atom is -0.493 e. The molecule has 5 N–H and O–H groups in total. The van der Waals surface area contributed by atoms with Crippen LogP contribution >= 0.6 is 7.82 Å². The summed E-state index contributed by atoms with van der Waals surface area (Å²) in [6.45, 7) is 1.02. The monoisotopic (exact) mass is 471 g/mol. The van der Waals surface area contributed by atoms with Gasteiger partial charge in [-0.25, -0.2) is 4.57 Å². The first-order valence-corrected chi connectivity index (χ1v) is 11.9. The van der Waals surface area contributed by atoms with Gasteiger partial charge in [-0.1, -0.05) is 45.1 Å². The average molecular weight is 471 g/mol. The Morgan fingerprint density at radius 1 is 1.10 bits per heavy atom. The lowest BCUT2D eigenvalue weighted by atomic mass is 9.93. The molecule has 0 fully saturated rings. The van der Waals surface area contributed by atoms with Crippen molar-refractivity contribution in [2.45, 2.75) is 70.0 Å². The van der Waals surface area contributed by atoms with Gasteiger partial charge in [0.05, 0.1) is 30.9 Å². The first-order valence-electron chi connectivity index (χ1n) is 10.3. The molecule has 0 aliphatic carbocycles. The molecule has 0 radical (unpaired) electrons. The fourth-order valence-corrected chi connectivity index (χ4v) is 3.37. The summed E-state index contributed by atoms with van der Waals surface area (Å²) >= 11 is 0. The van der Waals surface area contributed by atoms with Crippen molar-refractivity contribution in [1.29, 1.82) is 0 Å². The fraction of sp³-hybridized carbons (Fsp3) is 0.700. The van der Waals surface area contributed by atoms with Gasteiger partial charge in [0.15, 0.2) is 0 Å². The van der Waals surface area contributed by atoms with Crippen molar-refractivity contribution in [2.75, 3.05) is 19.8 Å². The molecular formula is C20H33F3NO6P. The number of unbranched alkanes of at least 4 members (excludes halogenated alkanes) is 5. The van der Waals surface area contributed by atoms with Crippen molar-refractivity contribution >= 4 is 7.82 Å². The number of aliphatic hydroxyl groups is 1. The van der Waals surface area contributed by atoms with E-state index >= 15 is 0 Å². The second kappa shape index (κ2) is 12.8.